The third-order valence-electron chi connectivity index (χ3n) is 10.5. The number of ketones is 1. The first-order valence-corrected chi connectivity index (χ1v) is 16.9. The highest BCUT2D eigenvalue weighted by atomic mass is 16.6. The molecule has 9 nitrogen and oxygen atoms in total. The van der Waals surface area contributed by atoms with E-state index in [1.807, 2.05) is 30.3 Å². The van der Waals surface area contributed by atoms with Crippen LogP contribution in [-0.2, 0) is 17.7 Å². The maximum atomic E-state index is 14.0. The van der Waals surface area contributed by atoms with E-state index in [4.69, 9.17) is 18.6 Å². The Morgan fingerprint density at radius 1 is 1.06 bits per heavy atom. The molecule has 6 rings (SSSR count). The highest BCUT2D eigenvalue weighted by Gasteiger charge is 2.58. The minimum atomic E-state index is -1.32. The number of benzene rings is 2. The molecule has 1 amide bonds. The molecule has 2 bridgehead atoms. The van der Waals surface area contributed by atoms with Crippen molar-refractivity contribution in [1.82, 2.24) is 4.90 Å². The van der Waals surface area contributed by atoms with Crippen molar-refractivity contribution in [3.8, 4) is 11.5 Å². The fourth-order valence-corrected chi connectivity index (χ4v) is 7.64. The molecule has 0 saturated heterocycles. The molecule has 4 atom stereocenters. The van der Waals surface area contributed by atoms with Crippen LogP contribution in [0.4, 0.5) is 4.79 Å². The second-order valence-corrected chi connectivity index (χ2v) is 13.5. The molecule has 2 N–H and O–H groups in total. The summed E-state index contributed by atoms with van der Waals surface area (Å²) >= 11 is 0. The summed E-state index contributed by atoms with van der Waals surface area (Å²) in [5.74, 6) is 1.01. The molecule has 258 valence electrons. The van der Waals surface area contributed by atoms with Crippen molar-refractivity contribution >= 4 is 11.9 Å². The number of aliphatic hydroxyl groups is 2. The Morgan fingerprint density at radius 2 is 1.88 bits per heavy atom. The summed E-state index contributed by atoms with van der Waals surface area (Å²) in [4.78, 5) is 29.1. The number of hydrogen-bond donors (Lipinski definition) is 2. The second kappa shape index (κ2) is 15.0. The average molecular weight is 660 g/mol. The van der Waals surface area contributed by atoms with E-state index in [-0.39, 0.29) is 37.2 Å². The average Bonchev–Trinajstić information content (AvgIpc) is 3.70. The van der Waals surface area contributed by atoms with Gasteiger partial charge in [-0.2, -0.15) is 0 Å². The predicted octanol–water partition coefficient (Wildman–Crippen LogP) is 7.23. The summed E-state index contributed by atoms with van der Waals surface area (Å²) < 4.78 is 22.1. The Balaban J connectivity index is 1.58. The summed E-state index contributed by atoms with van der Waals surface area (Å²) in [6.45, 7) is 6.32. The Kier molecular flexibility index (Phi) is 11.0. The number of furan rings is 1. The normalized spacial score (nSPS) is 24.3. The van der Waals surface area contributed by atoms with E-state index in [0.29, 0.717) is 55.6 Å². The van der Waals surface area contributed by atoms with Crippen LogP contribution in [0.25, 0.3) is 0 Å². The molecular formula is C39H49NO8. The lowest BCUT2D eigenvalue weighted by atomic mass is 9.64. The monoisotopic (exact) mass is 659 g/mol. The lowest BCUT2D eigenvalue weighted by Gasteiger charge is -2.46. The molecule has 1 heterocycles. The molecule has 2 aromatic carbocycles. The van der Waals surface area contributed by atoms with Gasteiger partial charge in [-0.25, -0.2) is 4.79 Å². The van der Waals surface area contributed by atoms with Gasteiger partial charge in [-0.05, 0) is 106 Å². The summed E-state index contributed by atoms with van der Waals surface area (Å²) in [6.07, 6.45) is 6.76. The van der Waals surface area contributed by atoms with Crippen LogP contribution in [0.15, 0.2) is 70.9 Å². The SMILES string of the molecule is CCOC(=O)N(Cc1ccc(OC)cc1OC)C[C@]1(O)CC[C@H]2c3ccc(cc3C(=O)c3ccco3)C[C@@H](O)CCC(C)=CCC[C@@]21C. The number of carbonyl (C=O) groups excluding carboxylic acids is 2. The Hall–Kier alpha value is -4.08. The first kappa shape index (κ1) is 35.2. The fraction of sp³-hybridized carbons (Fsp3) is 0.487. The fourth-order valence-electron chi connectivity index (χ4n) is 7.64. The van der Waals surface area contributed by atoms with Gasteiger partial charge in [0, 0.05) is 22.6 Å². The maximum Gasteiger partial charge on any atom is 0.410 e. The van der Waals surface area contributed by atoms with Crippen molar-refractivity contribution in [3.63, 3.8) is 0 Å². The van der Waals surface area contributed by atoms with Crippen LogP contribution in [0.5, 0.6) is 11.5 Å². The van der Waals surface area contributed by atoms with Crippen LogP contribution >= 0.6 is 0 Å². The Bertz CT molecular complexity index is 1610. The van der Waals surface area contributed by atoms with E-state index in [1.165, 1.54) is 11.8 Å². The van der Waals surface area contributed by atoms with Crippen LogP contribution in [0.1, 0.15) is 98.0 Å². The first-order valence-electron chi connectivity index (χ1n) is 16.9. The zero-order valence-electron chi connectivity index (χ0n) is 28.8. The first-order chi connectivity index (χ1) is 23.0. The number of ether oxygens (including phenoxy) is 3. The largest absolute Gasteiger partial charge is 0.497 e. The number of aliphatic hydroxyl groups excluding tert-OH is 1. The molecule has 0 radical (unpaired) electrons. The molecule has 48 heavy (non-hydrogen) atoms. The van der Waals surface area contributed by atoms with Crippen molar-refractivity contribution in [3.05, 3.63) is 94.5 Å². The molecule has 9 heteroatoms. The standard InChI is InChI=1S/C39H49NO8/c1-6-47-37(43)40(24-28-13-15-30(45-4)23-35(28)46-5)25-39(44)19-17-33-31-16-12-27(22-32(31)36(42)34-10-8-20-48-34)21-29(41)14-11-26(2)9-7-18-38(33,39)3/h8-10,12-13,15-16,20,22-23,29,33,41,44H,6-7,11,14,17-19,21,24-25H2,1-5H3/t29-,33-,38-,39+/m0/s1. The van der Waals surface area contributed by atoms with Crippen LogP contribution in [0, 0.1) is 5.41 Å². The van der Waals surface area contributed by atoms with Crippen LogP contribution in [0.2, 0.25) is 0 Å². The number of fused-ring (bicyclic) bond motifs is 8. The lowest BCUT2D eigenvalue weighted by Crippen LogP contribution is -2.53. The summed E-state index contributed by atoms with van der Waals surface area (Å²) in [5.41, 5.74) is 2.12. The van der Waals surface area contributed by atoms with Gasteiger partial charge < -0.3 is 33.7 Å². The molecule has 0 aliphatic heterocycles. The zero-order valence-corrected chi connectivity index (χ0v) is 28.8. The molecule has 3 aliphatic rings. The second-order valence-electron chi connectivity index (χ2n) is 13.5. The lowest BCUT2D eigenvalue weighted by molar-refractivity contribution is -0.0821. The number of carbonyl (C=O) groups is 2. The van der Waals surface area contributed by atoms with Gasteiger partial charge in [-0.15, -0.1) is 0 Å². The minimum absolute atomic E-state index is 0.0302. The van der Waals surface area contributed by atoms with Gasteiger partial charge in [0.2, 0.25) is 5.78 Å². The van der Waals surface area contributed by atoms with E-state index in [2.05, 4.69) is 19.9 Å². The number of methoxy groups -OCH3 is 2. The van der Waals surface area contributed by atoms with Gasteiger partial charge in [0.25, 0.3) is 0 Å². The van der Waals surface area contributed by atoms with E-state index >= 15 is 0 Å². The molecule has 3 aliphatic carbocycles. The van der Waals surface area contributed by atoms with Gasteiger partial charge in [0.15, 0.2) is 5.76 Å². The molecule has 1 aromatic heterocycles. The van der Waals surface area contributed by atoms with Gasteiger partial charge in [-0.3, -0.25) is 4.79 Å². The van der Waals surface area contributed by atoms with Crippen LogP contribution in [0.3, 0.4) is 0 Å². The smallest absolute Gasteiger partial charge is 0.410 e. The molecule has 1 saturated carbocycles. The maximum absolute atomic E-state index is 14.0. The highest BCUT2D eigenvalue weighted by Crippen LogP contribution is 2.59. The zero-order chi connectivity index (χ0) is 34.5. The quantitative estimate of drug-likeness (QED) is 0.183. The highest BCUT2D eigenvalue weighted by molar-refractivity contribution is 6.08. The van der Waals surface area contributed by atoms with Gasteiger partial charge in [-0.1, -0.05) is 30.7 Å². The van der Waals surface area contributed by atoms with E-state index in [1.54, 1.807) is 44.2 Å². The number of hydrogen-bond acceptors (Lipinski definition) is 8. The molecule has 3 aromatic rings. The van der Waals surface area contributed by atoms with Gasteiger partial charge in [0.05, 0.1) is 51.9 Å². The molecule has 0 unspecified atom stereocenters. The minimum Gasteiger partial charge on any atom is -0.497 e. The van der Waals surface area contributed by atoms with Gasteiger partial charge >= 0.3 is 6.09 Å². The van der Waals surface area contributed by atoms with Crippen LogP contribution < -0.4 is 9.47 Å². The van der Waals surface area contributed by atoms with Crippen molar-refractivity contribution in [1.29, 1.82) is 0 Å². The Morgan fingerprint density at radius 3 is 2.58 bits per heavy atom. The van der Waals surface area contributed by atoms with Gasteiger partial charge in [0.1, 0.15) is 11.5 Å². The topological polar surface area (TPSA) is 119 Å². The molecular weight excluding hydrogens is 610 g/mol. The Labute approximate surface area is 283 Å². The van der Waals surface area contributed by atoms with E-state index in [9.17, 15) is 19.8 Å². The van der Waals surface area contributed by atoms with Crippen molar-refractivity contribution in [2.24, 2.45) is 5.41 Å². The van der Waals surface area contributed by atoms with Crippen molar-refractivity contribution in [2.75, 3.05) is 27.4 Å². The molecule has 1 fully saturated rings. The summed E-state index contributed by atoms with van der Waals surface area (Å²) in [6, 6.07) is 14.7. The van der Waals surface area contributed by atoms with Crippen molar-refractivity contribution < 1.29 is 38.4 Å². The number of amides is 1. The number of allylic oxidation sites excluding steroid dienone is 2. The summed E-state index contributed by atoms with van der Waals surface area (Å²) in [7, 11) is 3.15. The predicted molar refractivity (Wildman–Crippen MR) is 183 cm³/mol. The summed E-state index contributed by atoms with van der Waals surface area (Å²) in [5, 5.41) is 23.7. The third-order valence-corrected chi connectivity index (χ3v) is 10.5. The number of rotatable bonds is 9. The van der Waals surface area contributed by atoms with Crippen molar-refractivity contribution in [2.45, 2.75) is 89.9 Å². The number of nitrogens with zero attached hydrogens (tertiary/aromatic N) is 1. The van der Waals surface area contributed by atoms with E-state index in [0.717, 1.165) is 23.1 Å². The van der Waals surface area contributed by atoms with Crippen LogP contribution in [-0.4, -0.2) is 66.1 Å². The third kappa shape index (κ3) is 7.32. The molecule has 0 spiro atoms. The van der Waals surface area contributed by atoms with E-state index < -0.39 is 23.2 Å².